The molecule has 2 aromatic rings. The lowest BCUT2D eigenvalue weighted by Crippen LogP contribution is -2.44. The first kappa shape index (κ1) is 16.9. The summed E-state index contributed by atoms with van der Waals surface area (Å²) in [5.41, 5.74) is 2.50. The largest absolute Gasteiger partial charge is 0.354 e. The normalized spacial score (nSPS) is 13.8. The number of hydrogen-bond donors (Lipinski definition) is 1. The molecule has 0 spiro atoms. The fourth-order valence-corrected chi connectivity index (χ4v) is 2.82. The van der Waals surface area contributed by atoms with Gasteiger partial charge in [-0.05, 0) is 25.0 Å². The lowest BCUT2D eigenvalue weighted by atomic mass is 10.2. The van der Waals surface area contributed by atoms with Gasteiger partial charge in [0.25, 0.3) is 5.91 Å². The van der Waals surface area contributed by atoms with E-state index in [1.807, 2.05) is 37.2 Å². The standard InChI is InChI=1S/C17H22N6O2/c1-12-4-5-13(8-19-12)6-7-18-14(24)9-23-10-20-16-15(23)17(25)22(3)11-21(16)2/h4-5,8,10H,6-7,9,11H2,1-3H3,(H,18,24). The maximum absolute atomic E-state index is 12.4. The molecule has 8 nitrogen and oxygen atoms in total. The van der Waals surface area contributed by atoms with E-state index in [0.717, 1.165) is 11.3 Å². The van der Waals surface area contributed by atoms with Gasteiger partial charge in [0.2, 0.25) is 5.91 Å². The first-order chi connectivity index (χ1) is 12.0. The lowest BCUT2D eigenvalue weighted by molar-refractivity contribution is -0.121. The first-order valence-electron chi connectivity index (χ1n) is 8.15. The van der Waals surface area contributed by atoms with Gasteiger partial charge in [0.1, 0.15) is 6.54 Å². The molecule has 25 heavy (non-hydrogen) atoms. The van der Waals surface area contributed by atoms with Gasteiger partial charge in [-0.3, -0.25) is 14.6 Å². The van der Waals surface area contributed by atoms with Crippen molar-refractivity contribution < 1.29 is 9.59 Å². The highest BCUT2D eigenvalue weighted by Gasteiger charge is 2.30. The third kappa shape index (κ3) is 3.62. The van der Waals surface area contributed by atoms with E-state index in [1.165, 1.54) is 0 Å². The second-order valence-electron chi connectivity index (χ2n) is 6.29. The van der Waals surface area contributed by atoms with E-state index in [-0.39, 0.29) is 18.4 Å². The van der Waals surface area contributed by atoms with Crippen LogP contribution in [0, 0.1) is 6.92 Å². The summed E-state index contributed by atoms with van der Waals surface area (Å²) in [6.45, 7) is 3.02. The maximum atomic E-state index is 12.4. The molecule has 3 rings (SSSR count). The number of aryl methyl sites for hydroxylation is 1. The van der Waals surface area contributed by atoms with Gasteiger partial charge in [-0.25, -0.2) is 4.98 Å². The number of carbonyl (C=O) groups excluding carboxylic acids is 2. The van der Waals surface area contributed by atoms with E-state index >= 15 is 0 Å². The Hall–Kier alpha value is -2.90. The predicted molar refractivity (Wildman–Crippen MR) is 93.3 cm³/mol. The molecule has 0 atom stereocenters. The van der Waals surface area contributed by atoms with Gasteiger partial charge in [0.15, 0.2) is 11.5 Å². The molecule has 1 aliphatic heterocycles. The van der Waals surface area contributed by atoms with Crippen molar-refractivity contribution in [3.05, 3.63) is 41.6 Å². The molecular formula is C17H22N6O2. The smallest absolute Gasteiger partial charge is 0.275 e. The Morgan fingerprint density at radius 3 is 2.76 bits per heavy atom. The van der Waals surface area contributed by atoms with Crippen molar-refractivity contribution >= 4 is 17.6 Å². The summed E-state index contributed by atoms with van der Waals surface area (Å²) in [7, 11) is 3.60. The third-order valence-electron chi connectivity index (χ3n) is 4.18. The summed E-state index contributed by atoms with van der Waals surface area (Å²) < 4.78 is 1.60. The lowest BCUT2D eigenvalue weighted by Gasteiger charge is -2.30. The molecule has 3 heterocycles. The number of aromatic nitrogens is 3. The van der Waals surface area contributed by atoms with Crippen LogP contribution in [0.2, 0.25) is 0 Å². The molecule has 0 saturated heterocycles. The second kappa shape index (κ2) is 6.92. The van der Waals surface area contributed by atoms with Crippen molar-refractivity contribution in [3.63, 3.8) is 0 Å². The maximum Gasteiger partial charge on any atom is 0.275 e. The van der Waals surface area contributed by atoms with Crippen molar-refractivity contribution in [2.45, 2.75) is 19.9 Å². The molecule has 0 unspecified atom stereocenters. The molecule has 132 valence electrons. The summed E-state index contributed by atoms with van der Waals surface area (Å²) in [4.78, 5) is 36.5. The summed E-state index contributed by atoms with van der Waals surface area (Å²) in [6.07, 6.45) is 4.07. The minimum absolute atomic E-state index is 0.0713. The third-order valence-corrected chi connectivity index (χ3v) is 4.18. The Morgan fingerprint density at radius 2 is 2.04 bits per heavy atom. The Bertz CT molecular complexity index is 783. The van der Waals surface area contributed by atoms with Crippen LogP contribution in [0.4, 0.5) is 5.82 Å². The molecule has 0 radical (unpaired) electrons. The zero-order chi connectivity index (χ0) is 18.0. The van der Waals surface area contributed by atoms with Crippen LogP contribution < -0.4 is 10.2 Å². The molecule has 0 bridgehead atoms. The van der Waals surface area contributed by atoms with Gasteiger partial charge in [0.05, 0.1) is 13.0 Å². The van der Waals surface area contributed by atoms with Crippen molar-refractivity contribution in [2.24, 2.45) is 0 Å². The molecule has 0 aromatic carbocycles. The van der Waals surface area contributed by atoms with E-state index in [4.69, 9.17) is 0 Å². The van der Waals surface area contributed by atoms with Crippen LogP contribution in [-0.4, -0.2) is 58.6 Å². The van der Waals surface area contributed by atoms with Gasteiger partial charge >= 0.3 is 0 Å². The Labute approximate surface area is 146 Å². The summed E-state index contributed by atoms with van der Waals surface area (Å²) in [5, 5.41) is 2.87. The average molecular weight is 342 g/mol. The number of amides is 2. The highest BCUT2D eigenvalue weighted by Crippen LogP contribution is 2.23. The SMILES string of the molecule is Cc1ccc(CCNC(=O)Cn2cnc3c2C(=O)N(C)CN3C)cn1. The molecule has 0 saturated carbocycles. The fourth-order valence-electron chi connectivity index (χ4n) is 2.82. The van der Waals surface area contributed by atoms with Crippen molar-refractivity contribution in [2.75, 3.05) is 32.2 Å². The van der Waals surface area contributed by atoms with Crippen LogP contribution in [0.25, 0.3) is 0 Å². The Morgan fingerprint density at radius 1 is 1.24 bits per heavy atom. The van der Waals surface area contributed by atoms with Crippen molar-refractivity contribution in [3.8, 4) is 0 Å². The number of carbonyl (C=O) groups is 2. The molecule has 2 aromatic heterocycles. The van der Waals surface area contributed by atoms with E-state index in [1.54, 1.807) is 22.8 Å². The number of imidazole rings is 1. The van der Waals surface area contributed by atoms with Crippen LogP contribution in [0.15, 0.2) is 24.7 Å². The predicted octanol–water partition coefficient (Wildman–Crippen LogP) is 0.425. The molecule has 1 N–H and O–H groups in total. The van der Waals surface area contributed by atoms with Gasteiger partial charge < -0.3 is 19.7 Å². The summed E-state index contributed by atoms with van der Waals surface area (Å²) in [5.74, 6) is 0.342. The van der Waals surface area contributed by atoms with Gasteiger partial charge in [-0.2, -0.15) is 0 Å². The number of anilines is 1. The van der Waals surface area contributed by atoms with E-state index < -0.39 is 0 Å². The van der Waals surface area contributed by atoms with Crippen LogP contribution in [0.3, 0.4) is 0 Å². The zero-order valence-electron chi connectivity index (χ0n) is 14.7. The number of rotatable bonds is 5. The first-order valence-corrected chi connectivity index (χ1v) is 8.15. The Balaban J connectivity index is 1.59. The van der Waals surface area contributed by atoms with Crippen LogP contribution in [0.1, 0.15) is 21.7 Å². The molecule has 2 amide bonds. The minimum Gasteiger partial charge on any atom is -0.354 e. The summed E-state index contributed by atoms with van der Waals surface area (Å²) in [6, 6.07) is 3.96. The number of hydrogen-bond acceptors (Lipinski definition) is 5. The number of fused-ring (bicyclic) bond motifs is 1. The van der Waals surface area contributed by atoms with E-state index in [0.29, 0.717) is 31.1 Å². The van der Waals surface area contributed by atoms with E-state index in [9.17, 15) is 9.59 Å². The van der Waals surface area contributed by atoms with Crippen LogP contribution in [0.5, 0.6) is 0 Å². The zero-order valence-corrected chi connectivity index (χ0v) is 14.7. The highest BCUT2D eigenvalue weighted by molar-refractivity contribution is 5.99. The second-order valence-corrected chi connectivity index (χ2v) is 6.29. The number of pyridine rings is 1. The Kier molecular flexibility index (Phi) is 4.69. The highest BCUT2D eigenvalue weighted by atomic mass is 16.2. The molecule has 1 aliphatic rings. The number of nitrogens with one attached hydrogen (secondary N) is 1. The molecule has 0 aliphatic carbocycles. The summed E-state index contributed by atoms with van der Waals surface area (Å²) >= 11 is 0. The minimum atomic E-state index is -0.149. The van der Waals surface area contributed by atoms with Crippen molar-refractivity contribution in [1.29, 1.82) is 0 Å². The van der Waals surface area contributed by atoms with Crippen LogP contribution >= 0.6 is 0 Å². The van der Waals surface area contributed by atoms with Gasteiger partial charge in [-0.15, -0.1) is 0 Å². The van der Waals surface area contributed by atoms with Gasteiger partial charge in [-0.1, -0.05) is 6.07 Å². The molecule has 8 heteroatoms. The average Bonchev–Trinajstić information content (AvgIpc) is 2.99. The van der Waals surface area contributed by atoms with Gasteiger partial charge in [0, 0.05) is 32.5 Å². The monoisotopic (exact) mass is 342 g/mol. The quantitative estimate of drug-likeness (QED) is 0.852. The van der Waals surface area contributed by atoms with E-state index in [2.05, 4.69) is 15.3 Å². The molecule has 0 fully saturated rings. The fraction of sp³-hybridized carbons (Fsp3) is 0.412. The van der Waals surface area contributed by atoms with Crippen LogP contribution in [-0.2, 0) is 17.8 Å². The number of nitrogens with zero attached hydrogens (tertiary/aromatic N) is 5. The molecular weight excluding hydrogens is 320 g/mol. The van der Waals surface area contributed by atoms with Crippen molar-refractivity contribution in [1.82, 2.24) is 24.8 Å². The topological polar surface area (TPSA) is 83.4 Å².